The average molecular weight is 835 g/mol. The first-order valence-electron chi connectivity index (χ1n) is 24.2. The Bertz CT molecular complexity index is 1070. The molecule has 0 aliphatic carbocycles. The number of ether oxygens (including phenoxy) is 4. The normalized spacial score (nSPS) is 13.2. The number of carbonyl (C=O) groups is 3. The van der Waals surface area contributed by atoms with Gasteiger partial charge in [0, 0.05) is 12.8 Å². The second kappa shape index (κ2) is 42.2. The molecule has 2 atom stereocenters. The number of hydrogen-bond donors (Lipinski definition) is 1. The van der Waals surface area contributed by atoms with E-state index in [0.29, 0.717) is 23.9 Å². The maximum absolute atomic E-state index is 12.8. The highest BCUT2D eigenvalue weighted by atomic mass is 16.7. The number of esters is 2. The van der Waals surface area contributed by atoms with E-state index >= 15 is 0 Å². The van der Waals surface area contributed by atoms with Crippen molar-refractivity contribution < 1.29 is 42.9 Å². The summed E-state index contributed by atoms with van der Waals surface area (Å²) in [6.07, 6.45) is 44.8. The van der Waals surface area contributed by atoms with Crippen LogP contribution in [-0.4, -0.2) is 87.4 Å². The number of rotatable bonds is 44. The van der Waals surface area contributed by atoms with E-state index in [0.717, 1.165) is 57.8 Å². The third kappa shape index (κ3) is 43.4. The molecule has 0 bridgehead atoms. The van der Waals surface area contributed by atoms with Gasteiger partial charge in [-0.1, -0.05) is 159 Å². The second-order valence-electron chi connectivity index (χ2n) is 17.4. The summed E-state index contributed by atoms with van der Waals surface area (Å²) >= 11 is 0. The van der Waals surface area contributed by atoms with Crippen LogP contribution in [-0.2, 0) is 33.3 Å². The monoisotopic (exact) mass is 835 g/mol. The first kappa shape index (κ1) is 56.5. The van der Waals surface area contributed by atoms with Crippen LogP contribution in [0.3, 0.4) is 0 Å². The van der Waals surface area contributed by atoms with E-state index in [9.17, 15) is 19.5 Å². The predicted octanol–water partition coefficient (Wildman–Crippen LogP) is 13.0. The summed E-state index contributed by atoms with van der Waals surface area (Å²) in [5.41, 5.74) is 0. The summed E-state index contributed by atoms with van der Waals surface area (Å²) in [5, 5.41) is 9.65. The molecule has 1 N–H and O–H groups in total. The first-order valence-corrected chi connectivity index (χ1v) is 24.2. The molecule has 0 aromatic carbocycles. The zero-order chi connectivity index (χ0) is 43.5. The smallest absolute Gasteiger partial charge is 0.361 e. The largest absolute Gasteiger partial charge is 0.477 e. The van der Waals surface area contributed by atoms with Gasteiger partial charge in [-0.2, -0.15) is 0 Å². The van der Waals surface area contributed by atoms with Gasteiger partial charge in [-0.05, 0) is 70.6 Å². The molecule has 2 unspecified atom stereocenters. The van der Waals surface area contributed by atoms with Crippen LogP contribution >= 0.6 is 0 Å². The highest BCUT2D eigenvalue weighted by Crippen LogP contribution is 2.14. The van der Waals surface area contributed by atoms with E-state index in [1.807, 2.05) is 21.1 Å². The molecule has 9 heteroatoms. The molecule has 9 nitrogen and oxygen atoms in total. The van der Waals surface area contributed by atoms with Crippen molar-refractivity contribution in [2.75, 3.05) is 47.5 Å². The van der Waals surface area contributed by atoms with Gasteiger partial charge in [0.05, 0.1) is 34.4 Å². The van der Waals surface area contributed by atoms with Crippen molar-refractivity contribution in [3.63, 3.8) is 0 Å². The molecule has 344 valence electrons. The van der Waals surface area contributed by atoms with Gasteiger partial charge >= 0.3 is 17.9 Å². The minimum atomic E-state index is -1.51. The molecule has 0 radical (unpaired) electrons. The van der Waals surface area contributed by atoms with Crippen LogP contribution in [0, 0.1) is 0 Å². The molecule has 0 aromatic heterocycles. The first-order chi connectivity index (χ1) is 28.6. The third-order valence-corrected chi connectivity index (χ3v) is 10.4. The van der Waals surface area contributed by atoms with Crippen LogP contribution in [0.5, 0.6) is 0 Å². The summed E-state index contributed by atoms with van der Waals surface area (Å²) in [6.45, 7) is 4.83. The van der Waals surface area contributed by atoms with E-state index in [2.05, 4.69) is 50.3 Å². The van der Waals surface area contributed by atoms with Gasteiger partial charge < -0.3 is 28.5 Å². The SMILES string of the molecule is CCCCC/C=C\C/C=C\CCCCCCCC(=O)OC(COC(=O)CCCCCCCCCCC/C=C\CCCCCCCC)COC(OCC[N+](C)(C)C)C(=O)O. The number of hydrogen-bond acceptors (Lipinski definition) is 7. The Hall–Kier alpha value is -2.49. The standard InChI is InChI=1S/C50H91NO8/c1-6-8-10-12-14-16-18-20-22-23-24-25-27-28-30-32-34-36-38-40-47(52)57-44-46(45-58-50(49(54)55)56-43-42-51(3,4)5)59-48(53)41-39-37-35-33-31-29-26-21-19-17-15-13-11-9-7-2/h15,17,20-22,26,46,50H,6-14,16,18-19,23-25,27-45H2,1-5H3/p+1/b17-15-,22-20-,26-21-. The number of aliphatic carboxylic acids is 1. The summed E-state index contributed by atoms with van der Waals surface area (Å²) in [5.74, 6) is -2.02. The molecular weight excluding hydrogens is 743 g/mol. The van der Waals surface area contributed by atoms with Crippen LogP contribution in [0.4, 0.5) is 0 Å². The quantitative estimate of drug-likeness (QED) is 0.0213. The van der Waals surface area contributed by atoms with Crippen molar-refractivity contribution in [3.8, 4) is 0 Å². The molecule has 59 heavy (non-hydrogen) atoms. The molecule has 0 amide bonds. The molecule has 0 aromatic rings. The van der Waals surface area contributed by atoms with Crippen molar-refractivity contribution in [2.24, 2.45) is 0 Å². The highest BCUT2D eigenvalue weighted by Gasteiger charge is 2.25. The van der Waals surface area contributed by atoms with Crippen molar-refractivity contribution in [1.82, 2.24) is 0 Å². The molecule has 0 fully saturated rings. The predicted molar refractivity (Wildman–Crippen MR) is 244 cm³/mol. The number of allylic oxidation sites excluding steroid dienone is 6. The summed E-state index contributed by atoms with van der Waals surface area (Å²) in [6, 6.07) is 0. The Labute approximate surface area is 362 Å². The lowest BCUT2D eigenvalue weighted by Gasteiger charge is -2.25. The lowest BCUT2D eigenvalue weighted by molar-refractivity contribution is -0.870. The van der Waals surface area contributed by atoms with Gasteiger partial charge in [-0.15, -0.1) is 0 Å². The fourth-order valence-electron chi connectivity index (χ4n) is 6.57. The van der Waals surface area contributed by atoms with E-state index in [1.54, 1.807) is 0 Å². The Morgan fingerprint density at radius 3 is 1.39 bits per heavy atom. The molecule has 0 spiro atoms. The number of carbonyl (C=O) groups excluding carboxylic acids is 2. The van der Waals surface area contributed by atoms with E-state index in [-0.39, 0.29) is 32.2 Å². The minimum Gasteiger partial charge on any atom is -0.477 e. The number of likely N-dealkylation sites (N-methyl/N-ethyl adjacent to an activating group) is 1. The fourth-order valence-corrected chi connectivity index (χ4v) is 6.57. The van der Waals surface area contributed by atoms with E-state index in [1.165, 1.54) is 116 Å². The van der Waals surface area contributed by atoms with Gasteiger partial charge in [0.2, 0.25) is 0 Å². The minimum absolute atomic E-state index is 0.185. The topological polar surface area (TPSA) is 108 Å². The number of nitrogens with zero attached hydrogens (tertiary/aromatic N) is 1. The Morgan fingerprint density at radius 2 is 0.915 bits per heavy atom. The van der Waals surface area contributed by atoms with E-state index in [4.69, 9.17) is 18.9 Å². The Balaban J connectivity index is 4.39. The van der Waals surface area contributed by atoms with Crippen LogP contribution in [0.1, 0.15) is 206 Å². The molecule has 0 heterocycles. The van der Waals surface area contributed by atoms with Gasteiger partial charge in [-0.3, -0.25) is 9.59 Å². The molecule has 0 aliphatic heterocycles. The zero-order valence-electron chi connectivity index (χ0n) is 38.9. The van der Waals surface area contributed by atoms with Crippen LogP contribution in [0.15, 0.2) is 36.5 Å². The number of quaternary nitrogens is 1. The summed E-state index contributed by atoms with van der Waals surface area (Å²) in [7, 11) is 5.95. The van der Waals surface area contributed by atoms with Crippen molar-refractivity contribution in [1.29, 1.82) is 0 Å². The lowest BCUT2D eigenvalue weighted by atomic mass is 10.1. The number of unbranched alkanes of at least 4 members (excludes halogenated alkanes) is 23. The molecule has 0 aliphatic rings. The number of carboxylic acids is 1. The van der Waals surface area contributed by atoms with Crippen molar-refractivity contribution in [2.45, 2.75) is 219 Å². The maximum atomic E-state index is 12.8. The van der Waals surface area contributed by atoms with E-state index < -0.39 is 24.3 Å². The lowest BCUT2D eigenvalue weighted by Crippen LogP contribution is -2.40. The average Bonchev–Trinajstić information content (AvgIpc) is 3.19. The third-order valence-electron chi connectivity index (χ3n) is 10.4. The van der Waals surface area contributed by atoms with Gasteiger partial charge in [0.25, 0.3) is 6.29 Å². The van der Waals surface area contributed by atoms with Gasteiger partial charge in [-0.25, -0.2) is 4.79 Å². The van der Waals surface area contributed by atoms with Crippen LogP contribution in [0.2, 0.25) is 0 Å². The highest BCUT2D eigenvalue weighted by molar-refractivity contribution is 5.71. The molecule has 0 saturated heterocycles. The van der Waals surface area contributed by atoms with Gasteiger partial charge in [0.15, 0.2) is 6.10 Å². The summed E-state index contributed by atoms with van der Waals surface area (Å²) in [4.78, 5) is 37.2. The number of carboxylic acid groups (broad SMARTS) is 1. The Kier molecular flexibility index (Phi) is 40.4. The van der Waals surface area contributed by atoms with Crippen molar-refractivity contribution >= 4 is 17.9 Å². The molecular formula is C50H92NO8+. The fraction of sp³-hybridized carbons (Fsp3) is 0.820. The Morgan fingerprint density at radius 1 is 0.508 bits per heavy atom. The van der Waals surface area contributed by atoms with Crippen LogP contribution in [0.25, 0.3) is 0 Å². The van der Waals surface area contributed by atoms with Gasteiger partial charge in [0.1, 0.15) is 13.2 Å². The summed E-state index contributed by atoms with van der Waals surface area (Å²) < 4.78 is 22.8. The maximum Gasteiger partial charge on any atom is 0.361 e. The molecule has 0 saturated carbocycles. The zero-order valence-corrected chi connectivity index (χ0v) is 38.9. The second-order valence-corrected chi connectivity index (χ2v) is 17.4. The van der Waals surface area contributed by atoms with Crippen molar-refractivity contribution in [3.05, 3.63) is 36.5 Å². The van der Waals surface area contributed by atoms with Crippen LogP contribution < -0.4 is 0 Å². The molecule has 0 rings (SSSR count).